The van der Waals surface area contributed by atoms with Crippen LogP contribution in [0.25, 0.3) is 10.8 Å². The maximum atomic E-state index is 13.5. The van der Waals surface area contributed by atoms with Gasteiger partial charge in [0.05, 0.1) is 7.11 Å². The number of alkyl halides is 6. The zero-order valence-electron chi connectivity index (χ0n) is 15.7. The van der Waals surface area contributed by atoms with Gasteiger partial charge in [0.1, 0.15) is 5.75 Å². The molecule has 0 heterocycles. The largest absolute Gasteiger partial charge is 0.496 e. The van der Waals surface area contributed by atoms with Crippen molar-refractivity contribution in [3.63, 3.8) is 0 Å². The van der Waals surface area contributed by atoms with Crippen LogP contribution in [0.1, 0.15) is 18.4 Å². The first-order valence-electron chi connectivity index (χ1n) is 8.77. The second-order valence-corrected chi connectivity index (χ2v) is 6.39. The van der Waals surface area contributed by atoms with Crippen LogP contribution in [-0.2, 0) is 6.42 Å². The van der Waals surface area contributed by atoms with Gasteiger partial charge in [0.25, 0.3) is 0 Å². The minimum atomic E-state index is -4.74. The highest BCUT2D eigenvalue weighted by Gasteiger charge is 2.34. The van der Waals surface area contributed by atoms with E-state index in [2.05, 4.69) is 6.58 Å². The van der Waals surface area contributed by atoms with E-state index in [9.17, 15) is 26.3 Å². The maximum Gasteiger partial charge on any atom is 0.412 e. The minimum Gasteiger partial charge on any atom is -0.496 e. The summed E-state index contributed by atoms with van der Waals surface area (Å²) in [5, 5.41) is 1.50. The molecule has 2 rings (SSSR count). The van der Waals surface area contributed by atoms with Gasteiger partial charge in [-0.3, -0.25) is 0 Å². The molecule has 0 amide bonds. The van der Waals surface area contributed by atoms with E-state index in [4.69, 9.17) is 4.74 Å². The Morgan fingerprint density at radius 3 is 2.21 bits per heavy atom. The monoisotopic (exact) mass is 414 g/mol. The Labute approximate surface area is 165 Å². The van der Waals surface area contributed by atoms with Crippen molar-refractivity contribution in [2.75, 3.05) is 7.11 Å². The molecule has 0 aromatic heterocycles. The van der Waals surface area contributed by atoms with Gasteiger partial charge in [-0.1, -0.05) is 42.5 Å². The SMILES string of the molecule is C=CCC(=C/C(F)(F)F)/C=C(\CCc1ccc(OC)c2ccccc12)C(F)(F)F. The molecular weight excluding hydrogens is 394 g/mol. The van der Waals surface area contributed by atoms with Gasteiger partial charge in [-0.25, -0.2) is 0 Å². The van der Waals surface area contributed by atoms with Crippen molar-refractivity contribution in [2.45, 2.75) is 31.6 Å². The first-order chi connectivity index (χ1) is 13.5. The number of allylic oxidation sites excluding steroid dienone is 5. The predicted octanol–water partition coefficient (Wildman–Crippen LogP) is 7.33. The van der Waals surface area contributed by atoms with Crippen molar-refractivity contribution < 1.29 is 31.1 Å². The van der Waals surface area contributed by atoms with E-state index in [0.717, 1.165) is 16.8 Å². The van der Waals surface area contributed by atoms with Crippen molar-refractivity contribution in [1.82, 2.24) is 0 Å². The van der Waals surface area contributed by atoms with Crippen molar-refractivity contribution in [1.29, 1.82) is 0 Å². The first-order valence-corrected chi connectivity index (χ1v) is 8.77. The number of benzene rings is 2. The van der Waals surface area contributed by atoms with E-state index in [0.29, 0.717) is 17.4 Å². The van der Waals surface area contributed by atoms with Crippen LogP contribution in [0.5, 0.6) is 5.75 Å². The highest BCUT2D eigenvalue weighted by Crippen LogP contribution is 2.34. The molecule has 0 saturated heterocycles. The summed E-state index contributed by atoms with van der Waals surface area (Å²) in [6.45, 7) is 3.31. The summed E-state index contributed by atoms with van der Waals surface area (Å²) in [5.41, 5.74) is -0.851. The normalized spacial score (nSPS) is 13.6. The van der Waals surface area contributed by atoms with Crippen molar-refractivity contribution in [2.24, 2.45) is 0 Å². The molecule has 0 N–H and O–H groups in total. The van der Waals surface area contributed by atoms with Crippen LogP contribution in [0.4, 0.5) is 26.3 Å². The van der Waals surface area contributed by atoms with E-state index in [1.165, 1.54) is 7.11 Å². The van der Waals surface area contributed by atoms with E-state index >= 15 is 0 Å². The molecule has 0 unspecified atom stereocenters. The average molecular weight is 414 g/mol. The Balaban J connectivity index is 2.39. The maximum absolute atomic E-state index is 13.5. The standard InChI is InChI=1S/C22H20F6O/c1-3-6-15(14-21(23,24)25)13-17(22(26,27)28)11-9-16-10-12-20(29-2)19-8-5-4-7-18(16)19/h3-5,7-8,10,12-14H,1,6,9,11H2,2H3/b15-14-,17-13+. The smallest absolute Gasteiger partial charge is 0.412 e. The fourth-order valence-corrected chi connectivity index (χ4v) is 3.06. The molecule has 0 aliphatic carbocycles. The van der Waals surface area contributed by atoms with Gasteiger partial charge < -0.3 is 4.74 Å². The predicted molar refractivity (Wildman–Crippen MR) is 102 cm³/mol. The number of aryl methyl sites for hydroxylation is 1. The van der Waals surface area contributed by atoms with E-state index in [-0.39, 0.29) is 18.9 Å². The van der Waals surface area contributed by atoms with Crippen LogP contribution in [0.2, 0.25) is 0 Å². The lowest BCUT2D eigenvalue weighted by Gasteiger charge is -2.15. The van der Waals surface area contributed by atoms with E-state index in [1.807, 2.05) is 0 Å². The molecule has 0 saturated carbocycles. The molecule has 2 aromatic carbocycles. The van der Waals surface area contributed by atoms with Crippen LogP contribution in [0.3, 0.4) is 0 Å². The number of methoxy groups -OCH3 is 1. The van der Waals surface area contributed by atoms with Gasteiger partial charge in [0.15, 0.2) is 0 Å². The van der Waals surface area contributed by atoms with Crippen LogP contribution >= 0.6 is 0 Å². The fraction of sp³-hybridized carbons (Fsp3) is 0.273. The molecule has 0 spiro atoms. The Morgan fingerprint density at radius 1 is 1.00 bits per heavy atom. The molecule has 29 heavy (non-hydrogen) atoms. The van der Waals surface area contributed by atoms with Crippen LogP contribution in [0, 0.1) is 0 Å². The molecule has 0 bridgehead atoms. The van der Waals surface area contributed by atoms with Crippen molar-refractivity contribution in [3.05, 3.63) is 77.9 Å². The van der Waals surface area contributed by atoms with E-state index < -0.39 is 29.9 Å². The van der Waals surface area contributed by atoms with Gasteiger partial charge in [0.2, 0.25) is 0 Å². The average Bonchev–Trinajstić information content (AvgIpc) is 2.62. The molecule has 7 heteroatoms. The molecular formula is C22H20F6O. The number of hydrogen-bond acceptors (Lipinski definition) is 1. The molecule has 0 atom stereocenters. The quantitative estimate of drug-likeness (QED) is 0.262. The third-order valence-corrected chi connectivity index (χ3v) is 4.31. The molecule has 0 radical (unpaired) electrons. The zero-order valence-corrected chi connectivity index (χ0v) is 15.7. The number of rotatable bonds is 7. The zero-order chi connectivity index (χ0) is 21.7. The molecule has 156 valence electrons. The summed E-state index contributed by atoms with van der Waals surface area (Å²) in [6, 6.07) is 10.5. The summed E-state index contributed by atoms with van der Waals surface area (Å²) in [4.78, 5) is 0. The van der Waals surface area contributed by atoms with Gasteiger partial charge in [-0.2, -0.15) is 26.3 Å². The highest BCUT2D eigenvalue weighted by molar-refractivity contribution is 5.91. The summed E-state index contributed by atoms with van der Waals surface area (Å²) in [6.07, 6.45) is -8.62. The second kappa shape index (κ2) is 9.20. The van der Waals surface area contributed by atoms with Crippen LogP contribution < -0.4 is 4.74 Å². The molecule has 0 aliphatic rings. The van der Waals surface area contributed by atoms with Gasteiger partial charge in [-0.05, 0) is 41.9 Å². The van der Waals surface area contributed by atoms with Gasteiger partial charge >= 0.3 is 12.4 Å². The number of halogens is 6. The summed E-state index contributed by atoms with van der Waals surface area (Å²) in [5.74, 6) is 0.595. The number of hydrogen-bond donors (Lipinski definition) is 0. The van der Waals surface area contributed by atoms with Crippen LogP contribution in [0.15, 0.2) is 72.4 Å². The van der Waals surface area contributed by atoms with Crippen molar-refractivity contribution >= 4 is 10.8 Å². The van der Waals surface area contributed by atoms with E-state index in [1.54, 1.807) is 36.4 Å². The lowest BCUT2D eigenvalue weighted by molar-refractivity contribution is -0.0943. The molecule has 0 fully saturated rings. The summed E-state index contributed by atoms with van der Waals surface area (Å²) >= 11 is 0. The van der Waals surface area contributed by atoms with Crippen molar-refractivity contribution in [3.8, 4) is 5.75 Å². The number of ether oxygens (including phenoxy) is 1. The minimum absolute atomic E-state index is 0.0171. The molecule has 2 aromatic rings. The Hall–Kier alpha value is -2.70. The third-order valence-electron chi connectivity index (χ3n) is 4.31. The Morgan fingerprint density at radius 2 is 1.66 bits per heavy atom. The lowest BCUT2D eigenvalue weighted by atomic mass is 9.96. The Kier molecular flexibility index (Phi) is 7.16. The van der Waals surface area contributed by atoms with Crippen LogP contribution in [-0.4, -0.2) is 19.5 Å². The molecule has 1 nitrogen and oxygen atoms in total. The summed E-state index contributed by atoms with van der Waals surface area (Å²) < 4.78 is 83.6. The second-order valence-electron chi connectivity index (χ2n) is 6.39. The van der Waals surface area contributed by atoms with Gasteiger partial charge in [0, 0.05) is 17.0 Å². The first kappa shape index (κ1) is 22.6. The number of fused-ring (bicyclic) bond motifs is 1. The fourth-order valence-electron chi connectivity index (χ4n) is 3.06. The lowest BCUT2D eigenvalue weighted by Crippen LogP contribution is -2.14. The third kappa shape index (κ3) is 6.41. The highest BCUT2D eigenvalue weighted by atomic mass is 19.4. The summed E-state index contributed by atoms with van der Waals surface area (Å²) in [7, 11) is 1.50. The topological polar surface area (TPSA) is 9.23 Å². The van der Waals surface area contributed by atoms with Gasteiger partial charge in [-0.15, -0.1) is 6.58 Å². The molecule has 0 aliphatic heterocycles. The Bertz CT molecular complexity index is 919.